The first-order chi connectivity index (χ1) is 12.8. The van der Waals surface area contributed by atoms with Crippen molar-refractivity contribution in [3.05, 3.63) is 70.3 Å². The van der Waals surface area contributed by atoms with E-state index in [4.69, 9.17) is 5.11 Å². The van der Waals surface area contributed by atoms with Gasteiger partial charge >= 0.3 is 5.97 Å². The molecule has 0 bridgehead atoms. The van der Waals surface area contributed by atoms with Gasteiger partial charge < -0.3 is 15.2 Å². The number of hydrogen-bond donors (Lipinski definition) is 3. The van der Waals surface area contributed by atoms with Crippen molar-refractivity contribution in [2.45, 2.75) is 25.9 Å². The highest BCUT2D eigenvalue weighted by Gasteiger charge is 2.31. The first-order valence-corrected chi connectivity index (χ1v) is 8.62. The third-order valence-corrected chi connectivity index (χ3v) is 4.75. The molecule has 6 heteroatoms. The molecule has 0 amide bonds. The fourth-order valence-electron chi connectivity index (χ4n) is 3.37. The number of rotatable bonds is 5. The molecule has 0 fully saturated rings. The summed E-state index contributed by atoms with van der Waals surface area (Å²) < 4.78 is 14.0. The summed E-state index contributed by atoms with van der Waals surface area (Å²) in [6, 6.07) is 13.2. The van der Waals surface area contributed by atoms with Crippen molar-refractivity contribution in [1.29, 1.82) is 0 Å². The first kappa shape index (κ1) is 18.8. The smallest absolute Gasteiger partial charge is 0.333 e. The number of hydrogen-bond acceptors (Lipinski definition) is 3. The Kier molecular flexibility index (Phi) is 5.10. The van der Waals surface area contributed by atoms with Gasteiger partial charge in [-0.3, -0.25) is 4.79 Å². The standard InChI is InChI=1S/C21H20FNO4/c1-11(2)18(19(24)21(26)27)14-8-9-17(23-20(14)25)13-7-6-12-4-3-5-16(22)15(12)10-13/h3-11,18-19,24H,1-2H3,(H,23,25)(H,26,27). The Hall–Kier alpha value is -2.99. The molecule has 1 heterocycles. The second-order valence-corrected chi connectivity index (χ2v) is 6.89. The van der Waals surface area contributed by atoms with E-state index in [0.29, 0.717) is 16.6 Å². The Morgan fingerprint density at radius 2 is 1.85 bits per heavy atom. The predicted molar refractivity (Wildman–Crippen MR) is 101 cm³/mol. The van der Waals surface area contributed by atoms with E-state index in [2.05, 4.69) is 4.98 Å². The maximum Gasteiger partial charge on any atom is 0.333 e. The van der Waals surface area contributed by atoms with Crippen molar-refractivity contribution in [3.8, 4) is 11.3 Å². The van der Waals surface area contributed by atoms with Gasteiger partial charge in [0.1, 0.15) is 5.82 Å². The zero-order valence-corrected chi connectivity index (χ0v) is 14.9. The average Bonchev–Trinajstić information content (AvgIpc) is 2.63. The molecule has 3 rings (SSSR count). The second-order valence-electron chi connectivity index (χ2n) is 6.89. The minimum atomic E-state index is -1.67. The molecule has 3 N–H and O–H groups in total. The van der Waals surface area contributed by atoms with E-state index in [1.54, 1.807) is 50.2 Å². The average molecular weight is 369 g/mol. The topological polar surface area (TPSA) is 90.4 Å². The van der Waals surface area contributed by atoms with Crippen LogP contribution in [0.1, 0.15) is 25.3 Å². The fraction of sp³-hybridized carbons (Fsp3) is 0.238. The maximum atomic E-state index is 14.0. The normalized spacial score (nSPS) is 13.7. The number of halogens is 1. The number of aliphatic hydroxyl groups excluding tert-OH is 1. The summed E-state index contributed by atoms with van der Waals surface area (Å²) in [6.07, 6.45) is -1.67. The van der Waals surface area contributed by atoms with Crippen LogP contribution in [0, 0.1) is 11.7 Å². The molecule has 0 saturated carbocycles. The summed E-state index contributed by atoms with van der Waals surface area (Å²) in [4.78, 5) is 26.5. The molecule has 0 aliphatic carbocycles. The summed E-state index contributed by atoms with van der Waals surface area (Å²) in [5.41, 5.74) is 0.855. The van der Waals surface area contributed by atoms with E-state index < -0.39 is 23.6 Å². The molecular weight excluding hydrogens is 349 g/mol. The largest absolute Gasteiger partial charge is 0.479 e. The summed E-state index contributed by atoms with van der Waals surface area (Å²) in [6.45, 7) is 3.49. The third kappa shape index (κ3) is 3.61. The number of H-pyrrole nitrogens is 1. The van der Waals surface area contributed by atoms with Crippen LogP contribution in [0.15, 0.2) is 53.3 Å². The van der Waals surface area contributed by atoms with Crippen LogP contribution >= 0.6 is 0 Å². The molecule has 3 aromatic rings. The van der Waals surface area contributed by atoms with Crippen molar-refractivity contribution in [1.82, 2.24) is 4.98 Å². The molecule has 0 saturated heterocycles. The minimum absolute atomic E-state index is 0.204. The number of carboxylic acids is 1. The maximum absolute atomic E-state index is 14.0. The van der Waals surface area contributed by atoms with Crippen LogP contribution in [0.25, 0.3) is 22.0 Å². The molecule has 5 nitrogen and oxygen atoms in total. The Morgan fingerprint density at radius 1 is 1.11 bits per heavy atom. The number of pyridine rings is 1. The van der Waals surface area contributed by atoms with Gasteiger partial charge in [-0.15, -0.1) is 0 Å². The minimum Gasteiger partial charge on any atom is -0.479 e. The van der Waals surface area contributed by atoms with Gasteiger partial charge in [-0.2, -0.15) is 0 Å². The van der Waals surface area contributed by atoms with Crippen molar-refractivity contribution in [2.75, 3.05) is 0 Å². The summed E-state index contributed by atoms with van der Waals surface area (Å²) in [5.74, 6) is -2.81. The number of aliphatic carboxylic acids is 1. The lowest BCUT2D eigenvalue weighted by Gasteiger charge is -2.23. The number of nitrogens with one attached hydrogen (secondary N) is 1. The Balaban J connectivity index is 2.05. The number of benzene rings is 2. The van der Waals surface area contributed by atoms with E-state index in [1.807, 2.05) is 0 Å². The van der Waals surface area contributed by atoms with Crippen molar-refractivity contribution < 1.29 is 19.4 Å². The summed E-state index contributed by atoms with van der Waals surface area (Å²) >= 11 is 0. The Bertz CT molecular complexity index is 1060. The van der Waals surface area contributed by atoms with Crippen LogP contribution in [0.4, 0.5) is 4.39 Å². The van der Waals surface area contributed by atoms with Crippen LogP contribution in [0.3, 0.4) is 0 Å². The molecule has 0 aliphatic heterocycles. The van der Waals surface area contributed by atoms with Gasteiger partial charge in [0.2, 0.25) is 0 Å². The van der Waals surface area contributed by atoms with E-state index in [9.17, 15) is 19.1 Å². The molecule has 0 aliphatic rings. The molecule has 0 spiro atoms. The van der Waals surface area contributed by atoms with Gasteiger partial charge in [0.05, 0.1) is 0 Å². The number of carboxylic acid groups (broad SMARTS) is 1. The zero-order chi connectivity index (χ0) is 19.7. The molecule has 2 unspecified atom stereocenters. The molecule has 27 heavy (non-hydrogen) atoms. The highest BCUT2D eigenvalue weighted by molar-refractivity contribution is 5.87. The van der Waals surface area contributed by atoms with Crippen molar-refractivity contribution in [2.24, 2.45) is 5.92 Å². The summed E-state index contributed by atoms with van der Waals surface area (Å²) in [5, 5.41) is 20.3. The highest BCUT2D eigenvalue weighted by atomic mass is 19.1. The molecule has 140 valence electrons. The molecular formula is C21H20FNO4. The van der Waals surface area contributed by atoms with E-state index in [1.165, 1.54) is 12.1 Å². The van der Waals surface area contributed by atoms with Gasteiger partial charge in [-0.1, -0.05) is 44.2 Å². The van der Waals surface area contributed by atoms with Crippen molar-refractivity contribution >= 4 is 16.7 Å². The number of aliphatic hydroxyl groups is 1. The molecule has 2 aromatic carbocycles. The number of carbonyl (C=O) groups is 1. The van der Waals surface area contributed by atoms with Gasteiger partial charge in [0, 0.05) is 22.6 Å². The number of aromatic amines is 1. The van der Waals surface area contributed by atoms with Gasteiger partial charge in [0.25, 0.3) is 5.56 Å². The quantitative estimate of drug-likeness (QED) is 0.642. The lowest BCUT2D eigenvalue weighted by atomic mass is 9.84. The third-order valence-electron chi connectivity index (χ3n) is 4.75. The van der Waals surface area contributed by atoms with Gasteiger partial charge in [-0.05, 0) is 35.1 Å². The number of fused-ring (bicyclic) bond motifs is 1. The van der Waals surface area contributed by atoms with E-state index in [0.717, 1.165) is 5.39 Å². The van der Waals surface area contributed by atoms with Gasteiger partial charge in [0.15, 0.2) is 6.10 Å². The lowest BCUT2D eigenvalue weighted by molar-refractivity contribution is -0.148. The van der Waals surface area contributed by atoms with Crippen molar-refractivity contribution in [3.63, 3.8) is 0 Å². The second kappa shape index (κ2) is 7.32. The van der Waals surface area contributed by atoms with E-state index >= 15 is 0 Å². The molecule has 1 aromatic heterocycles. The van der Waals surface area contributed by atoms with Gasteiger partial charge in [-0.25, -0.2) is 9.18 Å². The lowest BCUT2D eigenvalue weighted by Crippen LogP contribution is -2.34. The fourth-order valence-corrected chi connectivity index (χ4v) is 3.37. The zero-order valence-electron chi connectivity index (χ0n) is 14.9. The highest BCUT2D eigenvalue weighted by Crippen LogP contribution is 2.28. The molecule has 0 radical (unpaired) electrons. The van der Waals surface area contributed by atoms with Crippen LogP contribution in [0.5, 0.6) is 0 Å². The van der Waals surface area contributed by atoms with Crippen LogP contribution in [-0.4, -0.2) is 27.3 Å². The Morgan fingerprint density at radius 3 is 2.48 bits per heavy atom. The summed E-state index contributed by atoms with van der Waals surface area (Å²) in [7, 11) is 0. The predicted octanol–water partition coefficient (Wildman–Crippen LogP) is 3.52. The number of aromatic nitrogens is 1. The van der Waals surface area contributed by atoms with Crippen LogP contribution in [0.2, 0.25) is 0 Å². The van der Waals surface area contributed by atoms with E-state index in [-0.39, 0.29) is 17.3 Å². The molecule has 2 atom stereocenters. The van der Waals surface area contributed by atoms with Crippen LogP contribution in [-0.2, 0) is 4.79 Å². The first-order valence-electron chi connectivity index (χ1n) is 8.62. The SMILES string of the molecule is CC(C)C(c1ccc(-c2ccc3cccc(F)c3c2)[nH]c1=O)C(O)C(=O)O. The monoisotopic (exact) mass is 369 g/mol. The Labute approximate surface area is 155 Å². The van der Waals surface area contributed by atoms with Crippen LogP contribution < -0.4 is 5.56 Å².